The molecule has 0 bridgehead atoms. The van der Waals surface area contributed by atoms with Gasteiger partial charge in [-0.3, -0.25) is 0 Å². The lowest BCUT2D eigenvalue weighted by Gasteiger charge is -2.31. The van der Waals surface area contributed by atoms with E-state index in [0.717, 1.165) is 25.7 Å². The molecule has 0 atom stereocenters. The van der Waals surface area contributed by atoms with E-state index >= 15 is 0 Å². The zero-order chi connectivity index (χ0) is 17.2. The maximum Gasteiger partial charge on any atom is 0.0369 e. The maximum absolute atomic E-state index is 3.64. The van der Waals surface area contributed by atoms with Gasteiger partial charge < -0.3 is 10.2 Å². The van der Waals surface area contributed by atoms with E-state index in [1.165, 1.54) is 48.4 Å². The highest BCUT2D eigenvalue weighted by Gasteiger charge is 2.22. The van der Waals surface area contributed by atoms with E-state index in [-0.39, 0.29) is 0 Å². The second kappa shape index (κ2) is 10.5. The van der Waals surface area contributed by atoms with Crippen molar-refractivity contribution in [1.82, 2.24) is 5.32 Å². The van der Waals surface area contributed by atoms with Crippen LogP contribution in [0.4, 0.5) is 5.69 Å². The Morgan fingerprint density at radius 3 is 2.28 bits per heavy atom. The van der Waals surface area contributed by atoms with E-state index in [2.05, 4.69) is 70.9 Å². The molecule has 1 aliphatic rings. The van der Waals surface area contributed by atoms with Gasteiger partial charge >= 0.3 is 0 Å². The van der Waals surface area contributed by atoms with Gasteiger partial charge in [0, 0.05) is 29.7 Å². The molecule has 0 heterocycles. The SMILES string of the molecule is c1ccc(SCCCNCCN(c2ccccc2)C2CCCC2)cc1. The van der Waals surface area contributed by atoms with Crippen LogP contribution >= 0.6 is 11.8 Å². The van der Waals surface area contributed by atoms with Crippen molar-refractivity contribution in [1.29, 1.82) is 0 Å². The monoisotopic (exact) mass is 354 g/mol. The minimum atomic E-state index is 0.734. The normalized spacial score (nSPS) is 14.7. The molecule has 0 saturated heterocycles. The summed E-state index contributed by atoms with van der Waals surface area (Å²) in [5.41, 5.74) is 1.39. The Hall–Kier alpha value is -1.45. The summed E-state index contributed by atoms with van der Waals surface area (Å²) in [6, 6.07) is 22.4. The first kappa shape index (κ1) is 18.3. The lowest BCUT2D eigenvalue weighted by Crippen LogP contribution is -2.39. The summed E-state index contributed by atoms with van der Waals surface area (Å²) in [5.74, 6) is 1.18. The van der Waals surface area contributed by atoms with Gasteiger partial charge in [-0.2, -0.15) is 0 Å². The Balaban J connectivity index is 1.35. The number of rotatable bonds is 10. The van der Waals surface area contributed by atoms with E-state index in [1.807, 2.05) is 11.8 Å². The van der Waals surface area contributed by atoms with Gasteiger partial charge in [-0.05, 0) is 55.8 Å². The topological polar surface area (TPSA) is 15.3 Å². The molecule has 1 aliphatic carbocycles. The summed E-state index contributed by atoms with van der Waals surface area (Å²) in [4.78, 5) is 4.00. The van der Waals surface area contributed by atoms with Crippen molar-refractivity contribution in [3.8, 4) is 0 Å². The van der Waals surface area contributed by atoms with Crippen molar-refractivity contribution < 1.29 is 0 Å². The molecule has 25 heavy (non-hydrogen) atoms. The molecular weight excluding hydrogens is 324 g/mol. The van der Waals surface area contributed by atoms with Gasteiger partial charge in [0.2, 0.25) is 0 Å². The predicted octanol–water partition coefficient (Wildman–Crippen LogP) is 5.21. The molecule has 0 aromatic heterocycles. The molecule has 1 N–H and O–H groups in total. The molecule has 0 aliphatic heterocycles. The second-order valence-electron chi connectivity index (χ2n) is 6.73. The first-order valence-electron chi connectivity index (χ1n) is 9.64. The number of hydrogen-bond acceptors (Lipinski definition) is 3. The molecule has 134 valence electrons. The van der Waals surface area contributed by atoms with Gasteiger partial charge in [0.05, 0.1) is 0 Å². The summed E-state index contributed by atoms with van der Waals surface area (Å²) in [6.45, 7) is 3.29. The molecule has 2 aromatic rings. The van der Waals surface area contributed by atoms with Crippen LogP contribution in [0.25, 0.3) is 0 Å². The van der Waals surface area contributed by atoms with Crippen LogP contribution in [-0.4, -0.2) is 31.4 Å². The molecule has 2 nitrogen and oxygen atoms in total. The lowest BCUT2D eigenvalue weighted by molar-refractivity contribution is 0.576. The molecule has 0 unspecified atom stereocenters. The minimum Gasteiger partial charge on any atom is -0.367 e. The van der Waals surface area contributed by atoms with Crippen LogP contribution in [0.15, 0.2) is 65.6 Å². The van der Waals surface area contributed by atoms with Gasteiger partial charge in [0.25, 0.3) is 0 Å². The third-order valence-corrected chi connectivity index (χ3v) is 5.99. The molecule has 3 rings (SSSR count). The zero-order valence-electron chi connectivity index (χ0n) is 15.1. The molecule has 3 heteroatoms. The van der Waals surface area contributed by atoms with Gasteiger partial charge in [-0.1, -0.05) is 49.2 Å². The van der Waals surface area contributed by atoms with E-state index in [9.17, 15) is 0 Å². The third-order valence-electron chi connectivity index (χ3n) is 4.89. The van der Waals surface area contributed by atoms with Gasteiger partial charge in [-0.25, -0.2) is 0 Å². The van der Waals surface area contributed by atoms with Crippen molar-refractivity contribution in [2.45, 2.75) is 43.0 Å². The van der Waals surface area contributed by atoms with Crippen LogP contribution in [0.1, 0.15) is 32.1 Å². The molecule has 0 radical (unpaired) electrons. The largest absolute Gasteiger partial charge is 0.367 e. The highest BCUT2D eigenvalue weighted by atomic mass is 32.2. The predicted molar refractivity (Wildman–Crippen MR) is 111 cm³/mol. The first-order valence-corrected chi connectivity index (χ1v) is 10.6. The van der Waals surface area contributed by atoms with Crippen LogP contribution in [-0.2, 0) is 0 Å². The number of thioether (sulfide) groups is 1. The fourth-order valence-corrected chi connectivity index (χ4v) is 4.46. The molecule has 1 fully saturated rings. The molecule has 0 amide bonds. The van der Waals surface area contributed by atoms with Gasteiger partial charge in [-0.15, -0.1) is 11.8 Å². The molecule has 2 aromatic carbocycles. The lowest BCUT2D eigenvalue weighted by atomic mass is 10.1. The minimum absolute atomic E-state index is 0.734. The Bertz CT molecular complexity index is 581. The first-order chi connectivity index (χ1) is 12.4. The summed E-state index contributed by atoms with van der Waals surface area (Å²) in [6.07, 6.45) is 6.69. The van der Waals surface area contributed by atoms with Crippen molar-refractivity contribution in [2.75, 3.05) is 30.3 Å². The van der Waals surface area contributed by atoms with Crippen molar-refractivity contribution in [2.24, 2.45) is 0 Å². The van der Waals surface area contributed by atoms with Crippen LogP contribution < -0.4 is 10.2 Å². The fourth-order valence-electron chi connectivity index (χ4n) is 3.59. The number of benzene rings is 2. The van der Waals surface area contributed by atoms with Crippen molar-refractivity contribution in [3.05, 3.63) is 60.7 Å². The molecular formula is C22H30N2S. The zero-order valence-corrected chi connectivity index (χ0v) is 15.9. The molecule has 1 saturated carbocycles. The van der Waals surface area contributed by atoms with E-state index in [1.54, 1.807) is 0 Å². The Morgan fingerprint density at radius 2 is 1.56 bits per heavy atom. The second-order valence-corrected chi connectivity index (χ2v) is 7.90. The average Bonchev–Trinajstić information content (AvgIpc) is 3.20. The van der Waals surface area contributed by atoms with Crippen LogP contribution in [0.5, 0.6) is 0 Å². The maximum atomic E-state index is 3.64. The summed E-state index contributed by atoms with van der Waals surface area (Å²) in [5, 5.41) is 3.64. The van der Waals surface area contributed by atoms with Gasteiger partial charge in [0.1, 0.15) is 0 Å². The Morgan fingerprint density at radius 1 is 0.880 bits per heavy atom. The van der Waals surface area contributed by atoms with Crippen molar-refractivity contribution >= 4 is 17.4 Å². The van der Waals surface area contributed by atoms with Crippen LogP contribution in [0, 0.1) is 0 Å². The standard InChI is InChI=1S/C22H30N2S/c1-3-10-20(11-4-1)24(21-12-7-8-13-21)18-17-23-16-9-19-25-22-14-5-2-6-15-22/h1-6,10-11,14-15,21,23H,7-9,12-13,16-19H2. The average molecular weight is 355 g/mol. The summed E-state index contributed by atoms with van der Waals surface area (Å²) in [7, 11) is 0. The fraction of sp³-hybridized carbons (Fsp3) is 0.455. The summed E-state index contributed by atoms with van der Waals surface area (Å²) >= 11 is 1.95. The molecule has 0 spiro atoms. The Kier molecular flexibility index (Phi) is 7.72. The highest BCUT2D eigenvalue weighted by Crippen LogP contribution is 2.27. The van der Waals surface area contributed by atoms with E-state index in [4.69, 9.17) is 0 Å². The van der Waals surface area contributed by atoms with Crippen molar-refractivity contribution in [3.63, 3.8) is 0 Å². The summed E-state index contributed by atoms with van der Waals surface area (Å²) < 4.78 is 0. The highest BCUT2D eigenvalue weighted by molar-refractivity contribution is 7.99. The van der Waals surface area contributed by atoms with Crippen LogP contribution in [0.3, 0.4) is 0 Å². The number of para-hydroxylation sites is 1. The smallest absolute Gasteiger partial charge is 0.0369 e. The van der Waals surface area contributed by atoms with E-state index in [0.29, 0.717) is 0 Å². The third kappa shape index (κ3) is 6.09. The Labute approximate surface area is 157 Å². The number of nitrogens with zero attached hydrogens (tertiary/aromatic N) is 1. The number of anilines is 1. The van der Waals surface area contributed by atoms with Crippen LogP contribution in [0.2, 0.25) is 0 Å². The van der Waals surface area contributed by atoms with Gasteiger partial charge in [0.15, 0.2) is 0 Å². The number of hydrogen-bond donors (Lipinski definition) is 1. The quantitative estimate of drug-likeness (QED) is 0.466. The number of nitrogens with one attached hydrogen (secondary N) is 1. The van der Waals surface area contributed by atoms with E-state index < -0.39 is 0 Å².